The van der Waals surface area contributed by atoms with Crippen molar-refractivity contribution in [3.63, 3.8) is 0 Å². The van der Waals surface area contributed by atoms with Gasteiger partial charge >= 0.3 is 0 Å². The fraction of sp³-hybridized carbons (Fsp3) is 0.727. The van der Waals surface area contributed by atoms with E-state index in [1.165, 1.54) is 4.68 Å². The number of nitrogens with zero attached hydrogens (tertiary/aromatic N) is 2. The van der Waals surface area contributed by atoms with E-state index in [4.69, 9.17) is 5.11 Å². The maximum Gasteiger partial charge on any atom is 0.216 e. The molecule has 0 aliphatic rings. The highest BCUT2D eigenvalue weighted by molar-refractivity contribution is 5.17. The predicted molar refractivity (Wildman–Crippen MR) is 60.6 cm³/mol. The molecule has 92 valence electrons. The summed E-state index contributed by atoms with van der Waals surface area (Å²) in [5, 5.41) is 15.9. The second-order valence-corrected chi connectivity index (χ2v) is 3.78. The third kappa shape index (κ3) is 3.28. The quantitative estimate of drug-likeness (QED) is 0.691. The minimum Gasteiger partial charge on any atom is -0.396 e. The number of aryl methyl sites for hydroxylation is 2. The minimum absolute atomic E-state index is 0.211. The fourth-order valence-corrected chi connectivity index (χ4v) is 1.58. The molecular weight excluding hydrogens is 209 g/mol. The molecular formula is C11H20FN3O. The molecule has 0 fully saturated rings. The highest BCUT2D eigenvalue weighted by Gasteiger charge is 2.12. The van der Waals surface area contributed by atoms with Crippen LogP contribution in [0.4, 0.5) is 4.39 Å². The van der Waals surface area contributed by atoms with Crippen molar-refractivity contribution in [3.05, 3.63) is 17.2 Å². The van der Waals surface area contributed by atoms with Crippen LogP contribution >= 0.6 is 0 Å². The van der Waals surface area contributed by atoms with Crippen LogP contribution < -0.4 is 5.32 Å². The van der Waals surface area contributed by atoms with Crippen LogP contribution in [0.3, 0.4) is 0 Å². The third-order valence-electron chi connectivity index (χ3n) is 2.55. The van der Waals surface area contributed by atoms with E-state index in [0.29, 0.717) is 18.7 Å². The highest BCUT2D eigenvalue weighted by atomic mass is 19.1. The molecule has 0 unspecified atom stereocenters. The second kappa shape index (κ2) is 6.60. The summed E-state index contributed by atoms with van der Waals surface area (Å²) < 4.78 is 15.1. The van der Waals surface area contributed by atoms with Gasteiger partial charge in [0.2, 0.25) is 5.95 Å². The van der Waals surface area contributed by atoms with Crippen molar-refractivity contribution >= 4 is 0 Å². The average Bonchev–Trinajstić information content (AvgIpc) is 2.55. The van der Waals surface area contributed by atoms with Crippen LogP contribution in [-0.4, -0.2) is 28.0 Å². The lowest BCUT2D eigenvalue weighted by atomic mass is 10.2. The molecule has 0 spiro atoms. The van der Waals surface area contributed by atoms with Gasteiger partial charge in [-0.3, -0.25) is 0 Å². The zero-order valence-electron chi connectivity index (χ0n) is 9.96. The largest absolute Gasteiger partial charge is 0.396 e. The van der Waals surface area contributed by atoms with Crippen molar-refractivity contribution in [3.8, 4) is 0 Å². The van der Waals surface area contributed by atoms with Crippen molar-refractivity contribution in [2.45, 2.75) is 39.8 Å². The van der Waals surface area contributed by atoms with Crippen molar-refractivity contribution in [1.29, 1.82) is 0 Å². The minimum atomic E-state index is -0.241. The van der Waals surface area contributed by atoms with Gasteiger partial charge < -0.3 is 10.4 Å². The molecule has 0 amide bonds. The van der Waals surface area contributed by atoms with Gasteiger partial charge in [0.25, 0.3) is 0 Å². The topological polar surface area (TPSA) is 50.1 Å². The molecule has 0 atom stereocenters. The van der Waals surface area contributed by atoms with Crippen LogP contribution in [-0.2, 0) is 13.1 Å². The summed E-state index contributed by atoms with van der Waals surface area (Å²) in [5.74, 6) is -0.241. The first-order valence-corrected chi connectivity index (χ1v) is 5.74. The van der Waals surface area contributed by atoms with Gasteiger partial charge in [-0.05, 0) is 33.2 Å². The number of aliphatic hydroxyl groups excluding tert-OH is 1. The SMILES string of the molecule is CCn1nc(C)c(CNCCCCO)c1F. The first-order valence-electron chi connectivity index (χ1n) is 5.74. The Morgan fingerprint density at radius 1 is 1.44 bits per heavy atom. The Morgan fingerprint density at radius 2 is 2.19 bits per heavy atom. The normalized spacial score (nSPS) is 11.0. The molecule has 1 aromatic heterocycles. The smallest absolute Gasteiger partial charge is 0.216 e. The average molecular weight is 229 g/mol. The van der Waals surface area contributed by atoms with E-state index >= 15 is 0 Å². The molecule has 1 rings (SSSR count). The van der Waals surface area contributed by atoms with E-state index in [-0.39, 0.29) is 12.6 Å². The Morgan fingerprint density at radius 3 is 2.75 bits per heavy atom. The molecule has 2 N–H and O–H groups in total. The van der Waals surface area contributed by atoms with E-state index < -0.39 is 0 Å². The molecule has 0 aromatic carbocycles. The first kappa shape index (κ1) is 13.1. The van der Waals surface area contributed by atoms with Gasteiger partial charge in [-0.15, -0.1) is 0 Å². The van der Waals surface area contributed by atoms with Crippen molar-refractivity contribution in [1.82, 2.24) is 15.1 Å². The maximum atomic E-state index is 13.7. The molecule has 0 aliphatic heterocycles. The lowest BCUT2D eigenvalue weighted by molar-refractivity contribution is 0.283. The number of aromatic nitrogens is 2. The third-order valence-corrected chi connectivity index (χ3v) is 2.55. The number of rotatable bonds is 7. The van der Waals surface area contributed by atoms with Gasteiger partial charge in [0.1, 0.15) is 0 Å². The molecule has 4 nitrogen and oxygen atoms in total. The van der Waals surface area contributed by atoms with Crippen LogP contribution in [0, 0.1) is 12.9 Å². The molecule has 0 bridgehead atoms. The van der Waals surface area contributed by atoms with E-state index in [9.17, 15) is 4.39 Å². The summed E-state index contributed by atoms with van der Waals surface area (Å²) in [6.07, 6.45) is 1.68. The Labute approximate surface area is 95.5 Å². The number of hydrogen-bond donors (Lipinski definition) is 2. The summed E-state index contributed by atoms with van der Waals surface area (Å²) >= 11 is 0. The number of halogens is 1. The lowest BCUT2D eigenvalue weighted by Gasteiger charge is -2.03. The van der Waals surface area contributed by atoms with Gasteiger partial charge in [0.15, 0.2) is 0 Å². The van der Waals surface area contributed by atoms with Gasteiger partial charge in [-0.1, -0.05) is 0 Å². The Balaban J connectivity index is 2.44. The van der Waals surface area contributed by atoms with E-state index in [2.05, 4.69) is 10.4 Å². The van der Waals surface area contributed by atoms with E-state index in [1.54, 1.807) is 0 Å². The Kier molecular flexibility index (Phi) is 5.42. The summed E-state index contributed by atoms with van der Waals surface area (Å²) in [7, 11) is 0. The number of nitrogens with one attached hydrogen (secondary N) is 1. The van der Waals surface area contributed by atoms with Crippen LogP contribution in [0.25, 0.3) is 0 Å². The second-order valence-electron chi connectivity index (χ2n) is 3.78. The molecule has 5 heteroatoms. The molecule has 1 aromatic rings. The summed E-state index contributed by atoms with van der Waals surface area (Å²) in [6, 6.07) is 0. The van der Waals surface area contributed by atoms with Crippen LogP contribution in [0.15, 0.2) is 0 Å². The van der Waals surface area contributed by atoms with E-state index in [1.807, 2.05) is 13.8 Å². The zero-order chi connectivity index (χ0) is 12.0. The summed E-state index contributed by atoms with van der Waals surface area (Å²) in [4.78, 5) is 0. The summed E-state index contributed by atoms with van der Waals surface area (Å²) in [5.41, 5.74) is 1.39. The highest BCUT2D eigenvalue weighted by Crippen LogP contribution is 2.11. The van der Waals surface area contributed by atoms with E-state index in [0.717, 1.165) is 25.1 Å². The number of aliphatic hydroxyl groups is 1. The van der Waals surface area contributed by atoms with Crippen molar-refractivity contribution in [2.75, 3.05) is 13.2 Å². The maximum absolute atomic E-state index is 13.7. The monoisotopic (exact) mass is 229 g/mol. The van der Waals surface area contributed by atoms with Crippen LogP contribution in [0.1, 0.15) is 31.0 Å². The predicted octanol–water partition coefficient (Wildman–Crippen LogP) is 1.21. The molecule has 0 radical (unpaired) electrons. The zero-order valence-corrected chi connectivity index (χ0v) is 9.96. The van der Waals surface area contributed by atoms with Gasteiger partial charge in [-0.2, -0.15) is 9.49 Å². The van der Waals surface area contributed by atoms with Gasteiger partial charge in [0, 0.05) is 25.3 Å². The summed E-state index contributed by atoms with van der Waals surface area (Å²) in [6.45, 7) is 5.74. The van der Waals surface area contributed by atoms with Crippen molar-refractivity contribution in [2.24, 2.45) is 0 Å². The Hall–Kier alpha value is -0.940. The van der Waals surface area contributed by atoms with Crippen LogP contribution in [0.2, 0.25) is 0 Å². The molecule has 0 saturated heterocycles. The fourth-order valence-electron chi connectivity index (χ4n) is 1.58. The first-order chi connectivity index (χ1) is 7.70. The van der Waals surface area contributed by atoms with Crippen LogP contribution in [0.5, 0.6) is 0 Å². The Bertz CT molecular complexity index is 325. The van der Waals surface area contributed by atoms with Crippen molar-refractivity contribution < 1.29 is 9.50 Å². The van der Waals surface area contributed by atoms with Gasteiger partial charge in [-0.25, -0.2) is 4.68 Å². The number of hydrogen-bond acceptors (Lipinski definition) is 3. The van der Waals surface area contributed by atoms with Gasteiger partial charge in [0.05, 0.1) is 5.69 Å². The lowest BCUT2D eigenvalue weighted by Crippen LogP contribution is -2.16. The number of unbranched alkanes of at least 4 members (excludes halogenated alkanes) is 1. The molecule has 1 heterocycles. The molecule has 0 aliphatic carbocycles. The molecule has 16 heavy (non-hydrogen) atoms. The molecule has 0 saturated carbocycles. The standard InChI is InChI=1S/C11H20FN3O/c1-3-15-11(12)10(9(2)14-15)8-13-6-4-5-7-16/h13,16H,3-8H2,1-2H3.